The van der Waals surface area contributed by atoms with Gasteiger partial charge in [0, 0.05) is 25.8 Å². The summed E-state index contributed by atoms with van der Waals surface area (Å²) in [7, 11) is 4.34. The first-order chi connectivity index (χ1) is 8.08. The molecule has 3 nitrogen and oxygen atoms in total. The van der Waals surface area contributed by atoms with E-state index in [0.29, 0.717) is 12.0 Å². The highest BCUT2D eigenvalue weighted by Gasteiger charge is 2.23. The quantitative estimate of drug-likeness (QED) is 0.799. The van der Waals surface area contributed by atoms with Gasteiger partial charge in [0.15, 0.2) is 0 Å². The second-order valence-corrected chi connectivity index (χ2v) is 5.42. The van der Waals surface area contributed by atoms with Crippen molar-refractivity contribution in [1.29, 1.82) is 0 Å². The first-order valence-corrected chi connectivity index (χ1v) is 6.45. The molecule has 2 rings (SSSR count). The molecule has 0 radical (unpaired) electrons. The van der Waals surface area contributed by atoms with Gasteiger partial charge in [0.2, 0.25) is 0 Å². The number of aromatic nitrogens is 1. The minimum atomic E-state index is 0.555. The third-order valence-electron chi connectivity index (χ3n) is 3.71. The Hall–Kier alpha value is -1.09. The molecule has 0 saturated carbocycles. The van der Waals surface area contributed by atoms with Crippen LogP contribution in [0.25, 0.3) is 0 Å². The minimum absolute atomic E-state index is 0.555. The monoisotopic (exact) mass is 233 g/mol. The van der Waals surface area contributed by atoms with Gasteiger partial charge in [0.25, 0.3) is 0 Å². The van der Waals surface area contributed by atoms with Gasteiger partial charge in [0.1, 0.15) is 5.82 Å². The Bertz CT molecular complexity index is 358. The first-order valence-electron chi connectivity index (χ1n) is 6.45. The molecule has 0 aromatic carbocycles. The molecular formula is C14H23N3. The van der Waals surface area contributed by atoms with E-state index >= 15 is 0 Å². The number of hydrogen-bond donors (Lipinski definition) is 0. The summed E-state index contributed by atoms with van der Waals surface area (Å²) in [4.78, 5) is 9.27. The van der Waals surface area contributed by atoms with Crippen LogP contribution in [0.3, 0.4) is 0 Å². The molecule has 1 aromatic heterocycles. The van der Waals surface area contributed by atoms with Crippen molar-refractivity contribution in [3.63, 3.8) is 0 Å². The summed E-state index contributed by atoms with van der Waals surface area (Å²) in [6.07, 6.45) is 3.25. The predicted octanol–water partition coefficient (Wildman–Crippen LogP) is 2.35. The average molecular weight is 233 g/mol. The molecule has 0 spiro atoms. The zero-order valence-corrected chi connectivity index (χ0v) is 11.3. The second kappa shape index (κ2) is 5.05. The number of likely N-dealkylation sites (tertiary alicyclic amines) is 1. The van der Waals surface area contributed by atoms with Crippen LogP contribution in [0.15, 0.2) is 18.3 Å². The lowest BCUT2D eigenvalue weighted by atomic mass is 10.1. The Kier molecular flexibility index (Phi) is 3.67. The van der Waals surface area contributed by atoms with Crippen LogP contribution < -0.4 is 4.90 Å². The van der Waals surface area contributed by atoms with Crippen LogP contribution in [0.2, 0.25) is 0 Å². The molecule has 0 N–H and O–H groups in total. The zero-order valence-electron chi connectivity index (χ0n) is 11.3. The molecule has 3 heteroatoms. The van der Waals surface area contributed by atoms with Crippen LogP contribution in [-0.4, -0.2) is 43.1 Å². The largest absolute Gasteiger partial charge is 0.355 e. The Morgan fingerprint density at radius 3 is 2.65 bits per heavy atom. The Balaban J connectivity index is 2.06. The highest BCUT2D eigenvalue weighted by molar-refractivity contribution is 5.40. The van der Waals surface area contributed by atoms with Crippen molar-refractivity contribution in [3.05, 3.63) is 23.9 Å². The van der Waals surface area contributed by atoms with E-state index in [2.05, 4.69) is 54.9 Å². The van der Waals surface area contributed by atoms with Crippen LogP contribution in [0.1, 0.15) is 31.7 Å². The minimum Gasteiger partial charge on any atom is -0.355 e. The van der Waals surface area contributed by atoms with Crippen LogP contribution in [0.5, 0.6) is 0 Å². The van der Waals surface area contributed by atoms with E-state index in [4.69, 9.17) is 0 Å². The smallest absolute Gasteiger partial charge is 0.128 e. The number of pyridine rings is 1. The fourth-order valence-electron chi connectivity index (χ4n) is 2.36. The summed E-state index contributed by atoms with van der Waals surface area (Å²) in [5.41, 5.74) is 1.31. The van der Waals surface area contributed by atoms with Gasteiger partial charge in [-0.3, -0.25) is 0 Å². The molecule has 1 unspecified atom stereocenters. The van der Waals surface area contributed by atoms with Crippen molar-refractivity contribution in [3.8, 4) is 0 Å². The van der Waals surface area contributed by atoms with E-state index in [9.17, 15) is 0 Å². The molecule has 1 aliphatic rings. The van der Waals surface area contributed by atoms with Gasteiger partial charge in [-0.15, -0.1) is 0 Å². The maximum Gasteiger partial charge on any atom is 0.128 e. The summed E-state index contributed by atoms with van der Waals surface area (Å²) in [6, 6.07) is 4.95. The van der Waals surface area contributed by atoms with Gasteiger partial charge in [-0.1, -0.05) is 19.9 Å². The summed E-state index contributed by atoms with van der Waals surface area (Å²) < 4.78 is 0. The molecule has 0 bridgehead atoms. The third kappa shape index (κ3) is 2.78. The summed E-state index contributed by atoms with van der Waals surface area (Å²) in [6.45, 7) is 6.74. The van der Waals surface area contributed by atoms with Gasteiger partial charge in [0.05, 0.1) is 0 Å². The first kappa shape index (κ1) is 12.4. The molecule has 1 atom stereocenters. The van der Waals surface area contributed by atoms with Gasteiger partial charge in [-0.25, -0.2) is 4.98 Å². The van der Waals surface area contributed by atoms with Crippen molar-refractivity contribution in [1.82, 2.24) is 9.88 Å². The van der Waals surface area contributed by atoms with Gasteiger partial charge in [-0.05, 0) is 37.6 Å². The van der Waals surface area contributed by atoms with Crippen molar-refractivity contribution >= 4 is 5.82 Å². The number of likely N-dealkylation sites (N-methyl/N-ethyl adjacent to an activating group) is 2. The van der Waals surface area contributed by atoms with Crippen molar-refractivity contribution in [2.45, 2.75) is 32.2 Å². The lowest BCUT2D eigenvalue weighted by Gasteiger charge is -2.25. The average Bonchev–Trinajstić information content (AvgIpc) is 2.75. The zero-order chi connectivity index (χ0) is 12.4. The molecule has 0 amide bonds. The second-order valence-electron chi connectivity index (χ2n) is 5.42. The molecule has 1 aromatic rings. The van der Waals surface area contributed by atoms with Gasteiger partial charge < -0.3 is 9.80 Å². The number of anilines is 1. The maximum atomic E-state index is 4.58. The Labute approximate surface area is 104 Å². The maximum absolute atomic E-state index is 4.58. The Morgan fingerprint density at radius 2 is 2.18 bits per heavy atom. The fraction of sp³-hybridized carbons (Fsp3) is 0.643. The number of rotatable bonds is 3. The lowest BCUT2D eigenvalue weighted by molar-refractivity contribution is 0.409. The van der Waals surface area contributed by atoms with Crippen LogP contribution in [0.4, 0.5) is 5.82 Å². The lowest BCUT2D eigenvalue weighted by Crippen LogP contribution is -2.34. The highest BCUT2D eigenvalue weighted by atomic mass is 15.3. The van der Waals surface area contributed by atoms with Crippen LogP contribution in [0, 0.1) is 0 Å². The van der Waals surface area contributed by atoms with E-state index in [0.717, 1.165) is 12.4 Å². The van der Waals surface area contributed by atoms with E-state index in [1.54, 1.807) is 0 Å². The number of hydrogen-bond acceptors (Lipinski definition) is 3. The molecule has 2 heterocycles. The Morgan fingerprint density at radius 1 is 1.41 bits per heavy atom. The van der Waals surface area contributed by atoms with Crippen LogP contribution >= 0.6 is 0 Å². The molecule has 1 saturated heterocycles. The summed E-state index contributed by atoms with van der Waals surface area (Å²) in [5.74, 6) is 1.65. The highest BCUT2D eigenvalue weighted by Crippen LogP contribution is 2.21. The molecule has 1 fully saturated rings. The standard InChI is InChI=1S/C14H23N3/c1-11(2)12-5-6-14(15-9-12)17(4)13-7-8-16(3)10-13/h5-6,9,11,13H,7-8,10H2,1-4H3. The number of nitrogens with zero attached hydrogens (tertiary/aromatic N) is 3. The SMILES string of the molecule is CC(C)c1ccc(N(C)C2CCN(C)C2)nc1. The van der Waals surface area contributed by atoms with Gasteiger partial charge >= 0.3 is 0 Å². The molecule has 94 valence electrons. The van der Waals surface area contributed by atoms with Crippen molar-refractivity contribution in [2.24, 2.45) is 0 Å². The van der Waals surface area contributed by atoms with E-state index in [1.807, 2.05) is 6.20 Å². The molecule has 0 aliphatic carbocycles. The third-order valence-corrected chi connectivity index (χ3v) is 3.71. The van der Waals surface area contributed by atoms with Gasteiger partial charge in [-0.2, -0.15) is 0 Å². The predicted molar refractivity (Wildman–Crippen MR) is 72.6 cm³/mol. The van der Waals surface area contributed by atoms with E-state index in [-0.39, 0.29) is 0 Å². The summed E-state index contributed by atoms with van der Waals surface area (Å²) in [5, 5.41) is 0. The summed E-state index contributed by atoms with van der Waals surface area (Å²) >= 11 is 0. The molecule has 17 heavy (non-hydrogen) atoms. The molecular weight excluding hydrogens is 210 g/mol. The normalized spacial score (nSPS) is 21.1. The molecule has 1 aliphatic heterocycles. The van der Waals surface area contributed by atoms with E-state index < -0.39 is 0 Å². The van der Waals surface area contributed by atoms with Crippen molar-refractivity contribution in [2.75, 3.05) is 32.1 Å². The van der Waals surface area contributed by atoms with E-state index in [1.165, 1.54) is 18.5 Å². The van der Waals surface area contributed by atoms with Crippen LogP contribution in [-0.2, 0) is 0 Å². The topological polar surface area (TPSA) is 19.4 Å². The van der Waals surface area contributed by atoms with Crippen molar-refractivity contribution < 1.29 is 0 Å². The fourth-order valence-corrected chi connectivity index (χ4v) is 2.36.